The van der Waals surface area contributed by atoms with Crippen LogP contribution in [0.1, 0.15) is 30.4 Å². The van der Waals surface area contributed by atoms with Crippen molar-refractivity contribution in [3.63, 3.8) is 0 Å². The molecule has 0 heterocycles. The first kappa shape index (κ1) is 15.3. The first-order chi connectivity index (χ1) is 9.31. The number of nitrogens with two attached hydrogens (primary N) is 1. The molecule has 20 heavy (non-hydrogen) atoms. The molecule has 0 aliphatic heterocycles. The van der Waals surface area contributed by atoms with Crippen molar-refractivity contribution in [1.82, 2.24) is 4.72 Å². The van der Waals surface area contributed by atoms with Crippen molar-refractivity contribution in [3.8, 4) is 0 Å². The van der Waals surface area contributed by atoms with E-state index in [1.54, 1.807) is 26.0 Å². The Morgan fingerprint density at radius 3 is 2.55 bits per heavy atom. The summed E-state index contributed by atoms with van der Waals surface area (Å²) in [6, 6.07) is 3.44. The van der Waals surface area contributed by atoms with Crippen molar-refractivity contribution in [3.05, 3.63) is 23.3 Å². The third kappa shape index (κ3) is 2.97. The molecule has 5 nitrogen and oxygen atoms in total. The second kappa shape index (κ2) is 5.35. The summed E-state index contributed by atoms with van der Waals surface area (Å²) < 4.78 is 27.6. The summed E-state index contributed by atoms with van der Waals surface area (Å²) in [6.07, 6.45) is 2.57. The van der Waals surface area contributed by atoms with Crippen molar-refractivity contribution >= 4 is 15.7 Å². The highest BCUT2D eigenvalue weighted by atomic mass is 32.2. The number of hydrogen-bond acceptors (Lipinski definition) is 4. The van der Waals surface area contributed by atoms with E-state index in [2.05, 4.69) is 4.72 Å². The fourth-order valence-electron chi connectivity index (χ4n) is 2.51. The zero-order valence-corrected chi connectivity index (χ0v) is 12.8. The fraction of sp³-hybridized carbons (Fsp3) is 0.571. The van der Waals surface area contributed by atoms with E-state index in [9.17, 15) is 8.42 Å². The van der Waals surface area contributed by atoms with Gasteiger partial charge in [0, 0.05) is 18.8 Å². The lowest BCUT2D eigenvalue weighted by atomic mass is 10.0. The van der Waals surface area contributed by atoms with E-state index < -0.39 is 10.0 Å². The Bertz CT molecular complexity index is 607. The largest absolute Gasteiger partial charge is 0.398 e. The lowest BCUT2D eigenvalue weighted by Crippen LogP contribution is -2.31. The predicted octanol–water partition coefficient (Wildman–Crippen LogP) is 1.33. The smallest absolute Gasteiger partial charge is 0.241 e. The Morgan fingerprint density at radius 1 is 1.35 bits per heavy atom. The number of nitrogens with one attached hydrogen (secondary N) is 1. The number of aliphatic hydroxyl groups is 1. The maximum atomic E-state index is 12.5. The number of benzene rings is 1. The Labute approximate surface area is 120 Å². The molecule has 1 saturated carbocycles. The number of nitrogen functional groups attached to an aromatic ring is 1. The van der Waals surface area contributed by atoms with Gasteiger partial charge in [-0.2, -0.15) is 0 Å². The first-order valence-corrected chi connectivity index (χ1v) is 8.26. The Morgan fingerprint density at radius 2 is 2.00 bits per heavy atom. The monoisotopic (exact) mass is 298 g/mol. The molecule has 1 aliphatic carbocycles. The van der Waals surface area contributed by atoms with E-state index >= 15 is 0 Å². The molecule has 0 bridgehead atoms. The summed E-state index contributed by atoms with van der Waals surface area (Å²) in [7, 11) is -3.57. The normalized spacial score (nSPS) is 17.1. The number of anilines is 1. The van der Waals surface area contributed by atoms with Crippen LogP contribution in [-0.4, -0.2) is 26.7 Å². The third-order valence-electron chi connectivity index (χ3n) is 4.15. The first-order valence-electron chi connectivity index (χ1n) is 6.77. The fourth-order valence-corrected chi connectivity index (χ4v) is 4.16. The van der Waals surface area contributed by atoms with E-state index in [1.165, 1.54) is 0 Å². The Hall–Kier alpha value is -1.11. The van der Waals surface area contributed by atoms with Gasteiger partial charge >= 0.3 is 0 Å². The van der Waals surface area contributed by atoms with Crippen LogP contribution in [0.25, 0.3) is 0 Å². The van der Waals surface area contributed by atoms with E-state index in [1.807, 2.05) is 0 Å². The maximum absolute atomic E-state index is 12.5. The minimum atomic E-state index is -3.57. The van der Waals surface area contributed by atoms with Crippen LogP contribution in [0.2, 0.25) is 0 Å². The van der Waals surface area contributed by atoms with Gasteiger partial charge in [0.15, 0.2) is 0 Å². The molecule has 0 atom stereocenters. The quantitative estimate of drug-likeness (QED) is 0.691. The molecule has 4 N–H and O–H groups in total. The standard InChI is InChI=1S/C14H22N2O3S/c1-10-3-4-12(15)11(2)13(10)20(18,19)16-9-14(5-6-14)7-8-17/h3-4,16-17H,5-9,15H2,1-2H3. The zero-order chi connectivity index (χ0) is 15.0. The van der Waals surface area contributed by atoms with E-state index in [0.717, 1.165) is 12.8 Å². The van der Waals surface area contributed by atoms with Crippen LogP contribution in [-0.2, 0) is 10.0 Å². The van der Waals surface area contributed by atoms with Crippen LogP contribution >= 0.6 is 0 Å². The molecule has 1 aromatic rings. The molecule has 1 aromatic carbocycles. The molecule has 112 valence electrons. The second-order valence-corrected chi connectivity index (χ2v) is 7.43. The molecule has 6 heteroatoms. The summed E-state index contributed by atoms with van der Waals surface area (Å²) in [5, 5.41) is 9.02. The van der Waals surface area contributed by atoms with Crippen molar-refractivity contribution in [2.75, 3.05) is 18.9 Å². The van der Waals surface area contributed by atoms with Gasteiger partial charge in [0.1, 0.15) is 0 Å². The van der Waals surface area contributed by atoms with Crippen LogP contribution in [0.3, 0.4) is 0 Å². The molecular formula is C14H22N2O3S. The van der Waals surface area contributed by atoms with Gasteiger partial charge in [0.25, 0.3) is 0 Å². The second-order valence-electron chi connectivity index (χ2n) is 5.72. The van der Waals surface area contributed by atoms with Gasteiger partial charge in [0.2, 0.25) is 10.0 Å². The van der Waals surface area contributed by atoms with Gasteiger partial charge in [-0.05, 0) is 55.7 Å². The molecule has 0 unspecified atom stereocenters. The molecule has 1 fully saturated rings. The number of aryl methyl sites for hydroxylation is 1. The van der Waals surface area contributed by atoms with Gasteiger partial charge in [-0.3, -0.25) is 0 Å². The molecule has 2 rings (SSSR count). The predicted molar refractivity (Wildman–Crippen MR) is 78.9 cm³/mol. The minimum Gasteiger partial charge on any atom is -0.398 e. The van der Waals surface area contributed by atoms with Crippen molar-refractivity contribution in [2.45, 2.75) is 38.0 Å². The zero-order valence-electron chi connectivity index (χ0n) is 11.9. The summed E-state index contributed by atoms with van der Waals surface area (Å²) in [5.41, 5.74) is 7.51. The number of rotatable bonds is 6. The average molecular weight is 298 g/mol. The van der Waals surface area contributed by atoms with Crippen LogP contribution < -0.4 is 10.5 Å². The highest BCUT2D eigenvalue weighted by Gasteiger charge is 2.42. The summed E-state index contributed by atoms with van der Waals surface area (Å²) in [6.45, 7) is 3.96. The topological polar surface area (TPSA) is 92.4 Å². The van der Waals surface area contributed by atoms with E-state index in [0.29, 0.717) is 29.8 Å². The van der Waals surface area contributed by atoms with E-state index in [-0.39, 0.29) is 16.9 Å². The summed E-state index contributed by atoms with van der Waals surface area (Å²) >= 11 is 0. The maximum Gasteiger partial charge on any atom is 0.241 e. The molecule has 0 aromatic heterocycles. The minimum absolute atomic E-state index is 0.0516. The Balaban J connectivity index is 2.21. The molecule has 0 spiro atoms. The van der Waals surface area contributed by atoms with Gasteiger partial charge in [0.05, 0.1) is 4.90 Å². The van der Waals surface area contributed by atoms with Crippen molar-refractivity contribution in [1.29, 1.82) is 0 Å². The summed E-state index contributed by atoms with van der Waals surface area (Å²) in [5.74, 6) is 0. The summed E-state index contributed by atoms with van der Waals surface area (Å²) in [4.78, 5) is 0.275. The highest BCUT2D eigenvalue weighted by molar-refractivity contribution is 7.89. The van der Waals surface area contributed by atoms with Gasteiger partial charge in [-0.1, -0.05) is 6.07 Å². The molecule has 0 saturated heterocycles. The van der Waals surface area contributed by atoms with Gasteiger partial charge in [-0.25, -0.2) is 13.1 Å². The van der Waals surface area contributed by atoms with Crippen molar-refractivity contribution in [2.24, 2.45) is 5.41 Å². The van der Waals surface area contributed by atoms with Gasteiger partial charge < -0.3 is 10.8 Å². The number of sulfonamides is 1. The molecule has 0 radical (unpaired) electrons. The lowest BCUT2D eigenvalue weighted by Gasteiger charge is -2.17. The lowest BCUT2D eigenvalue weighted by molar-refractivity contribution is 0.249. The van der Waals surface area contributed by atoms with Crippen LogP contribution in [0.4, 0.5) is 5.69 Å². The van der Waals surface area contributed by atoms with Gasteiger partial charge in [-0.15, -0.1) is 0 Å². The van der Waals surface area contributed by atoms with E-state index in [4.69, 9.17) is 10.8 Å². The SMILES string of the molecule is Cc1ccc(N)c(C)c1S(=O)(=O)NCC1(CCO)CC1. The number of hydrogen-bond donors (Lipinski definition) is 3. The average Bonchev–Trinajstić information content (AvgIpc) is 3.13. The van der Waals surface area contributed by atoms with Crippen LogP contribution in [0, 0.1) is 19.3 Å². The highest BCUT2D eigenvalue weighted by Crippen LogP contribution is 2.48. The molecule has 0 amide bonds. The molecular weight excluding hydrogens is 276 g/mol. The van der Waals surface area contributed by atoms with Crippen LogP contribution in [0.5, 0.6) is 0 Å². The third-order valence-corrected chi connectivity index (χ3v) is 5.84. The number of aliphatic hydroxyl groups excluding tert-OH is 1. The molecule has 1 aliphatic rings. The Kier molecular flexibility index (Phi) is 4.09. The van der Waals surface area contributed by atoms with Crippen LogP contribution in [0.15, 0.2) is 17.0 Å². The van der Waals surface area contributed by atoms with Crippen molar-refractivity contribution < 1.29 is 13.5 Å².